The lowest BCUT2D eigenvalue weighted by molar-refractivity contribution is -0.129. The first-order valence-corrected chi connectivity index (χ1v) is 6.15. The number of H-pyrrole nitrogens is 2. The van der Waals surface area contributed by atoms with Gasteiger partial charge in [0.1, 0.15) is 0 Å². The number of aromatic amines is 2. The largest absolute Gasteiger partial charge is 0.341 e. The molecule has 2 rings (SSSR count). The lowest BCUT2D eigenvalue weighted by Gasteiger charge is -2.17. The highest BCUT2D eigenvalue weighted by Gasteiger charge is 2.11. The highest BCUT2D eigenvalue weighted by molar-refractivity contribution is 5.78. The topological polar surface area (TPSA) is 86.0 Å². The number of hydrogen-bond acceptors (Lipinski definition) is 3. The van der Waals surface area contributed by atoms with E-state index in [1.165, 1.54) is 6.07 Å². The van der Waals surface area contributed by atoms with Crippen LogP contribution >= 0.6 is 0 Å². The maximum absolute atomic E-state index is 12.0. The van der Waals surface area contributed by atoms with Crippen molar-refractivity contribution in [2.75, 3.05) is 7.05 Å². The minimum atomic E-state index is -0.606. The van der Waals surface area contributed by atoms with Gasteiger partial charge in [0.15, 0.2) is 0 Å². The summed E-state index contributed by atoms with van der Waals surface area (Å²) in [5, 5.41) is 0. The standard InChI is InChI=1S/C14H15N3O3/c1-17(9-10-5-3-2-4-6-10)13(19)8-11-7-12(18)16-14(20)15-11/h2-7H,8-9H2,1H3,(H2,15,16,18,20). The van der Waals surface area contributed by atoms with Crippen molar-refractivity contribution in [3.05, 3.63) is 68.5 Å². The van der Waals surface area contributed by atoms with Gasteiger partial charge in [-0.2, -0.15) is 0 Å². The molecular weight excluding hydrogens is 258 g/mol. The van der Waals surface area contributed by atoms with Crippen LogP contribution in [0.25, 0.3) is 0 Å². The zero-order valence-corrected chi connectivity index (χ0v) is 11.1. The van der Waals surface area contributed by atoms with Crippen molar-refractivity contribution in [2.45, 2.75) is 13.0 Å². The molecule has 1 heterocycles. The van der Waals surface area contributed by atoms with Crippen molar-refractivity contribution in [1.29, 1.82) is 0 Å². The van der Waals surface area contributed by atoms with Gasteiger partial charge < -0.3 is 9.88 Å². The number of nitrogens with one attached hydrogen (secondary N) is 2. The van der Waals surface area contributed by atoms with Crippen molar-refractivity contribution in [2.24, 2.45) is 0 Å². The molecule has 1 aromatic carbocycles. The fourth-order valence-corrected chi connectivity index (χ4v) is 1.86. The molecule has 0 aliphatic rings. The molecule has 0 atom stereocenters. The second-order valence-corrected chi connectivity index (χ2v) is 4.53. The molecule has 0 fully saturated rings. The summed E-state index contributed by atoms with van der Waals surface area (Å²) in [5.41, 5.74) is 0.208. The van der Waals surface area contributed by atoms with Crippen LogP contribution in [0.5, 0.6) is 0 Å². The van der Waals surface area contributed by atoms with Crippen LogP contribution in [0.1, 0.15) is 11.3 Å². The highest BCUT2D eigenvalue weighted by Crippen LogP contribution is 2.04. The number of aromatic nitrogens is 2. The number of nitrogens with zero attached hydrogens (tertiary/aromatic N) is 1. The number of benzene rings is 1. The third-order valence-electron chi connectivity index (χ3n) is 2.85. The molecule has 6 nitrogen and oxygen atoms in total. The van der Waals surface area contributed by atoms with Crippen LogP contribution in [0.2, 0.25) is 0 Å². The summed E-state index contributed by atoms with van der Waals surface area (Å²) < 4.78 is 0. The minimum Gasteiger partial charge on any atom is -0.341 e. The molecule has 0 saturated carbocycles. The molecule has 1 aromatic heterocycles. The fourth-order valence-electron chi connectivity index (χ4n) is 1.86. The number of rotatable bonds is 4. The Morgan fingerprint density at radius 3 is 2.50 bits per heavy atom. The van der Waals surface area contributed by atoms with Gasteiger partial charge in [-0.05, 0) is 5.56 Å². The van der Waals surface area contributed by atoms with Crippen LogP contribution in [-0.4, -0.2) is 27.8 Å². The van der Waals surface area contributed by atoms with E-state index in [0.717, 1.165) is 5.56 Å². The van der Waals surface area contributed by atoms with Crippen LogP contribution in [0.15, 0.2) is 46.0 Å². The Balaban J connectivity index is 2.04. The van der Waals surface area contributed by atoms with E-state index in [4.69, 9.17) is 0 Å². The average molecular weight is 273 g/mol. The van der Waals surface area contributed by atoms with Crippen molar-refractivity contribution in [3.8, 4) is 0 Å². The molecule has 104 valence electrons. The fraction of sp³-hybridized carbons (Fsp3) is 0.214. The molecule has 20 heavy (non-hydrogen) atoms. The molecule has 0 aliphatic carbocycles. The van der Waals surface area contributed by atoms with Crippen LogP contribution in [-0.2, 0) is 17.8 Å². The van der Waals surface area contributed by atoms with Crippen LogP contribution in [0.3, 0.4) is 0 Å². The molecular formula is C14H15N3O3. The van der Waals surface area contributed by atoms with E-state index >= 15 is 0 Å². The molecule has 1 amide bonds. The number of hydrogen-bond donors (Lipinski definition) is 2. The van der Waals surface area contributed by atoms with Crippen LogP contribution < -0.4 is 11.2 Å². The lowest BCUT2D eigenvalue weighted by atomic mass is 10.2. The molecule has 0 bridgehead atoms. The van der Waals surface area contributed by atoms with E-state index in [9.17, 15) is 14.4 Å². The summed E-state index contributed by atoms with van der Waals surface area (Å²) in [6.45, 7) is 0.479. The quantitative estimate of drug-likeness (QED) is 0.838. The summed E-state index contributed by atoms with van der Waals surface area (Å²) >= 11 is 0. The predicted octanol–water partition coefficient (Wildman–Crippen LogP) is 0.264. The Morgan fingerprint density at radius 2 is 1.85 bits per heavy atom. The molecule has 0 saturated heterocycles. The van der Waals surface area contributed by atoms with Gasteiger partial charge in [-0.3, -0.25) is 14.6 Å². The first-order chi connectivity index (χ1) is 9.54. The molecule has 2 N–H and O–H groups in total. The number of amides is 1. The summed E-state index contributed by atoms with van der Waals surface area (Å²) in [5.74, 6) is -0.171. The molecule has 0 spiro atoms. The second-order valence-electron chi connectivity index (χ2n) is 4.53. The highest BCUT2D eigenvalue weighted by atomic mass is 16.2. The van der Waals surface area contributed by atoms with E-state index < -0.39 is 11.2 Å². The summed E-state index contributed by atoms with van der Waals surface area (Å²) in [7, 11) is 1.68. The SMILES string of the molecule is CN(Cc1ccccc1)C(=O)Cc1cc(=O)[nH]c(=O)[nH]1. The molecule has 0 unspecified atom stereocenters. The van der Waals surface area contributed by atoms with Crippen molar-refractivity contribution >= 4 is 5.91 Å². The van der Waals surface area contributed by atoms with E-state index in [1.807, 2.05) is 30.3 Å². The van der Waals surface area contributed by atoms with E-state index in [1.54, 1.807) is 11.9 Å². The van der Waals surface area contributed by atoms with Gasteiger partial charge in [0.05, 0.1) is 6.42 Å². The second kappa shape index (κ2) is 6.01. The first kappa shape index (κ1) is 13.8. The Morgan fingerprint density at radius 1 is 1.15 bits per heavy atom. The van der Waals surface area contributed by atoms with Gasteiger partial charge in [-0.1, -0.05) is 30.3 Å². The van der Waals surface area contributed by atoms with Crippen LogP contribution in [0.4, 0.5) is 0 Å². The third kappa shape index (κ3) is 3.68. The van der Waals surface area contributed by atoms with Gasteiger partial charge in [0.2, 0.25) is 5.91 Å². The molecule has 2 aromatic rings. The summed E-state index contributed by atoms with van der Waals surface area (Å²) in [6.07, 6.45) is -0.0114. The maximum atomic E-state index is 12.0. The zero-order chi connectivity index (χ0) is 14.5. The monoisotopic (exact) mass is 273 g/mol. The Labute approximate surface area is 115 Å². The summed E-state index contributed by atoms with van der Waals surface area (Å²) in [6, 6.07) is 10.8. The zero-order valence-electron chi connectivity index (χ0n) is 11.1. The first-order valence-electron chi connectivity index (χ1n) is 6.15. The minimum absolute atomic E-state index is 0.0114. The van der Waals surface area contributed by atoms with Gasteiger partial charge in [-0.15, -0.1) is 0 Å². The van der Waals surface area contributed by atoms with Gasteiger partial charge in [0, 0.05) is 25.4 Å². The maximum Gasteiger partial charge on any atom is 0.325 e. The molecule has 0 aliphatic heterocycles. The number of carbonyl (C=O) groups is 1. The lowest BCUT2D eigenvalue weighted by Crippen LogP contribution is -2.30. The van der Waals surface area contributed by atoms with Gasteiger partial charge in [-0.25, -0.2) is 4.79 Å². The number of carbonyl (C=O) groups excluding carboxylic acids is 1. The predicted molar refractivity (Wildman–Crippen MR) is 74.3 cm³/mol. The normalized spacial score (nSPS) is 10.2. The number of likely N-dealkylation sites (N-methyl/N-ethyl adjacent to an activating group) is 1. The van der Waals surface area contributed by atoms with E-state index in [-0.39, 0.29) is 12.3 Å². The smallest absolute Gasteiger partial charge is 0.325 e. The van der Waals surface area contributed by atoms with Crippen LogP contribution in [0, 0.1) is 0 Å². The molecule has 6 heteroatoms. The van der Waals surface area contributed by atoms with Crippen molar-refractivity contribution in [1.82, 2.24) is 14.9 Å². The van der Waals surface area contributed by atoms with E-state index in [0.29, 0.717) is 12.2 Å². The van der Waals surface area contributed by atoms with E-state index in [2.05, 4.69) is 9.97 Å². The average Bonchev–Trinajstić information content (AvgIpc) is 2.38. The van der Waals surface area contributed by atoms with Crippen molar-refractivity contribution < 1.29 is 4.79 Å². The molecule has 0 radical (unpaired) electrons. The van der Waals surface area contributed by atoms with Crippen molar-refractivity contribution in [3.63, 3.8) is 0 Å². The van der Waals surface area contributed by atoms with Gasteiger partial charge in [0.25, 0.3) is 5.56 Å². The Hall–Kier alpha value is -2.63. The Kier molecular flexibility index (Phi) is 4.14. The van der Waals surface area contributed by atoms with Gasteiger partial charge >= 0.3 is 5.69 Å². The summed E-state index contributed by atoms with van der Waals surface area (Å²) in [4.78, 5) is 40.4. The third-order valence-corrected chi connectivity index (χ3v) is 2.85. The Bertz CT molecular complexity index is 675.